The van der Waals surface area contributed by atoms with Crippen LogP contribution in [0, 0.1) is 6.92 Å². The summed E-state index contributed by atoms with van der Waals surface area (Å²) in [6.45, 7) is 1.79. The molecule has 0 spiro atoms. The molecule has 0 atom stereocenters. The third-order valence-electron chi connectivity index (χ3n) is 1.46. The molecular formula is C8H10O4S. The molecule has 1 N–H and O–H groups in total. The van der Waals surface area contributed by atoms with Crippen LogP contribution in [-0.2, 0) is 10.1 Å². The van der Waals surface area contributed by atoms with E-state index >= 15 is 0 Å². The molecule has 1 aromatic carbocycles. The largest absolute Gasteiger partial charge is 0.475 e. The van der Waals surface area contributed by atoms with Crippen molar-refractivity contribution in [3.05, 3.63) is 29.8 Å². The molecule has 5 heteroatoms. The number of hydrogen-bond donors (Lipinski definition) is 1. The van der Waals surface area contributed by atoms with E-state index in [0.717, 1.165) is 5.56 Å². The molecule has 0 aliphatic heterocycles. The maximum atomic E-state index is 10.3. The van der Waals surface area contributed by atoms with Crippen molar-refractivity contribution in [3.63, 3.8) is 0 Å². The Morgan fingerprint density at radius 1 is 1.38 bits per heavy atom. The minimum Gasteiger partial charge on any atom is -0.475 e. The van der Waals surface area contributed by atoms with Gasteiger partial charge in [-0.15, -0.1) is 0 Å². The predicted octanol–water partition coefficient (Wildman–Crippen LogP) is 1.22. The van der Waals surface area contributed by atoms with E-state index in [1.807, 2.05) is 6.07 Å². The summed E-state index contributed by atoms with van der Waals surface area (Å²) in [7, 11) is -4.06. The molecule has 0 aromatic heterocycles. The molecule has 0 radical (unpaired) electrons. The summed E-state index contributed by atoms with van der Waals surface area (Å²) in [4.78, 5) is 0. The van der Waals surface area contributed by atoms with Gasteiger partial charge >= 0.3 is 10.1 Å². The highest BCUT2D eigenvalue weighted by molar-refractivity contribution is 7.85. The fourth-order valence-electron chi connectivity index (χ4n) is 0.856. The van der Waals surface area contributed by atoms with Crippen molar-refractivity contribution < 1.29 is 17.7 Å². The Morgan fingerprint density at radius 2 is 2.00 bits per heavy atom. The SMILES string of the molecule is Cc1ccccc1OCS(=O)(=O)O. The van der Waals surface area contributed by atoms with Crippen LogP contribution >= 0.6 is 0 Å². The van der Waals surface area contributed by atoms with Gasteiger partial charge in [0.05, 0.1) is 0 Å². The van der Waals surface area contributed by atoms with Crippen molar-refractivity contribution in [2.75, 3.05) is 5.94 Å². The number of ether oxygens (including phenoxy) is 1. The molecule has 0 aliphatic rings. The first-order valence-electron chi connectivity index (χ1n) is 3.62. The third-order valence-corrected chi connectivity index (χ3v) is 1.87. The van der Waals surface area contributed by atoms with Gasteiger partial charge < -0.3 is 4.74 Å². The second kappa shape index (κ2) is 3.76. The summed E-state index contributed by atoms with van der Waals surface area (Å²) in [5, 5.41) is 0. The first-order valence-corrected chi connectivity index (χ1v) is 5.23. The van der Waals surface area contributed by atoms with E-state index in [-0.39, 0.29) is 0 Å². The highest BCUT2D eigenvalue weighted by atomic mass is 32.2. The maximum absolute atomic E-state index is 10.3. The van der Waals surface area contributed by atoms with E-state index in [0.29, 0.717) is 5.75 Å². The number of rotatable bonds is 3. The number of para-hydroxylation sites is 1. The summed E-state index contributed by atoms with van der Waals surface area (Å²) < 4.78 is 34.0. The fraction of sp³-hybridized carbons (Fsp3) is 0.250. The second-order valence-corrected chi connectivity index (χ2v) is 4.01. The van der Waals surface area contributed by atoms with Crippen LogP contribution in [-0.4, -0.2) is 18.9 Å². The van der Waals surface area contributed by atoms with E-state index in [1.54, 1.807) is 25.1 Å². The summed E-state index contributed by atoms with van der Waals surface area (Å²) in [6, 6.07) is 6.97. The van der Waals surface area contributed by atoms with Crippen molar-refractivity contribution in [1.82, 2.24) is 0 Å². The van der Waals surface area contributed by atoms with Gasteiger partial charge in [0, 0.05) is 0 Å². The van der Waals surface area contributed by atoms with Crippen LogP contribution in [0.3, 0.4) is 0 Å². The van der Waals surface area contributed by atoms with Crippen LogP contribution in [0.5, 0.6) is 5.75 Å². The van der Waals surface area contributed by atoms with Gasteiger partial charge in [0.25, 0.3) is 0 Å². The van der Waals surface area contributed by atoms with E-state index in [2.05, 4.69) is 0 Å². The van der Waals surface area contributed by atoms with Gasteiger partial charge in [0.2, 0.25) is 5.94 Å². The van der Waals surface area contributed by atoms with Crippen LogP contribution < -0.4 is 4.74 Å². The van der Waals surface area contributed by atoms with E-state index in [1.165, 1.54) is 0 Å². The molecule has 0 amide bonds. The molecule has 0 unspecified atom stereocenters. The minimum atomic E-state index is -4.06. The van der Waals surface area contributed by atoms with Crippen LogP contribution in [0.15, 0.2) is 24.3 Å². The zero-order valence-corrected chi connectivity index (χ0v) is 7.91. The van der Waals surface area contributed by atoms with Gasteiger partial charge in [0.15, 0.2) is 0 Å². The zero-order chi connectivity index (χ0) is 9.90. The summed E-state index contributed by atoms with van der Waals surface area (Å²) in [6.07, 6.45) is 0. The molecular weight excluding hydrogens is 192 g/mol. The van der Waals surface area contributed by atoms with Crippen LogP contribution in [0.2, 0.25) is 0 Å². The number of aryl methyl sites for hydroxylation is 1. The summed E-state index contributed by atoms with van der Waals surface area (Å²) in [5.41, 5.74) is 0.825. The smallest absolute Gasteiger partial charge is 0.300 e. The van der Waals surface area contributed by atoms with Gasteiger partial charge in [0.1, 0.15) is 5.75 Å². The quantitative estimate of drug-likeness (QED) is 0.748. The minimum absolute atomic E-state index is 0.458. The third kappa shape index (κ3) is 3.43. The highest BCUT2D eigenvalue weighted by Crippen LogP contribution is 2.16. The van der Waals surface area contributed by atoms with Gasteiger partial charge in [-0.05, 0) is 18.6 Å². The van der Waals surface area contributed by atoms with Gasteiger partial charge in [-0.25, -0.2) is 0 Å². The second-order valence-electron chi connectivity index (χ2n) is 2.61. The molecule has 0 aliphatic carbocycles. The molecule has 0 saturated carbocycles. The van der Waals surface area contributed by atoms with Crippen molar-refractivity contribution in [1.29, 1.82) is 0 Å². The van der Waals surface area contributed by atoms with Crippen LogP contribution in [0.25, 0.3) is 0 Å². The molecule has 72 valence electrons. The summed E-state index contributed by atoms with van der Waals surface area (Å²) >= 11 is 0. The van der Waals surface area contributed by atoms with Gasteiger partial charge in [-0.1, -0.05) is 18.2 Å². The van der Waals surface area contributed by atoms with Crippen LogP contribution in [0.4, 0.5) is 0 Å². The first-order chi connectivity index (χ1) is 5.99. The molecule has 1 aromatic rings. The molecule has 1 rings (SSSR count). The first kappa shape index (κ1) is 10.0. The lowest BCUT2D eigenvalue weighted by Gasteiger charge is -2.05. The van der Waals surface area contributed by atoms with E-state index in [9.17, 15) is 8.42 Å². The average molecular weight is 202 g/mol. The Labute approximate surface area is 76.9 Å². The Bertz CT molecular complexity index is 383. The van der Waals surface area contributed by atoms with Crippen molar-refractivity contribution in [3.8, 4) is 5.75 Å². The van der Waals surface area contributed by atoms with Crippen molar-refractivity contribution in [2.24, 2.45) is 0 Å². The monoisotopic (exact) mass is 202 g/mol. The molecule has 0 saturated heterocycles. The standard InChI is InChI=1S/C8H10O4S/c1-7-4-2-3-5-8(7)12-6-13(9,10)11/h2-5H,6H2,1H3,(H,9,10,11). The normalized spacial score (nSPS) is 11.2. The van der Waals surface area contributed by atoms with Crippen molar-refractivity contribution in [2.45, 2.75) is 6.92 Å². The molecule has 0 heterocycles. The molecule has 0 bridgehead atoms. The number of hydrogen-bond acceptors (Lipinski definition) is 3. The number of benzene rings is 1. The molecule has 13 heavy (non-hydrogen) atoms. The van der Waals surface area contributed by atoms with E-state index in [4.69, 9.17) is 9.29 Å². The zero-order valence-electron chi connectivity index (χ0n) is 7.10. The lowest BCUT2D eigenvalue weighted by atomic mass is 10.2. The average Bonchev–Trinajstić information content (AvgIpc) is 2.01. The highest BCUT2D eigenvalue weighted by Gasteiger charge is 2.06. The van der Waals surface area contributed by atoms with Crippen molar-refractivity contribution >= 4 is 10.1 Å². The van der Waals surface area contributed by atoms with E-state index < -0.39 is 16.1 Å². The Hall–Kier alpha value is -1.07. The maximum Gasteiger partial charge on any atom is 0.300 e. The fourth-order valence-corrected chi connectivity index (χ4v) is 1.13. The summed E-state index contributed by atoms with van der Waals surface area (Å²) in [5.74, 6) is -0.252. The molecule has 0 fully saturated rings. The Balaban J connectivity index is 2.71. The topological polar surface area (TPSA) is 63.6 Å². The molecule has 4 nitrogen and oxygen atoms in total. The van der Waals surface area contributed by atoms with Gasteiger partial charge in [-0.3, -0.25) is 4.55 Å². The Kier molecular flexibility index (Phi) is 2.90. The lowest BCUT2D eigenvalue weighted by Crippen LogP contribution is -2.10. The van der Waals surface area contributed by atoms with Crippen LogP contribution in [0.1, 0.15) is 5.56 Å². The predicted molar refractivity (Wildman–Crippen MR) is 48.2 cm³/mol. The Morgan fingerprint density at radius 3 is 2.54 bits per heavy atom. The van der Waals surface area contributed by atoms with Gasteiger partial charge in [-0.2, -0.15) is 8.42 Å². The lowest BCUT2D eigenvalue weighted by molar-refractivity contribution is 0.351.